The summed E-state index contributed by atoms with van der Waals surface area (Å²) in [5.74, 6) is -0.273. The summed E-state index contributed by atoms with van der Waals surface area (Å²) in [7, 11) is 0. The zero-order chi connectivity index (χ0) is 21.6. The number of aromatic nitrogens is 2. The monoisotopic (exact) mass is 457 g/mol. The molecule has 1 aliphatic rings. The van der Waals surface area contributed by atoms with Gasteiger partial charge in [-0.25, -0.2) is 14.8 Å². The molecule has 0 amide bonds. The predicted molar refractivity (Wildman–Crippen MR) is 120 cm³/mol. The van der Waals surface area contributed by atoms with Crippen molar-refractivity contribution in [3.8, 4) is 17.2 Å². The second-order valence-corrected chi connectivity index (χ2v) is 7.38. The van der Waals surface area contributed by atoms with Gasteiger partial charge in [-0.05, 0) is 62.2 Å². The van der Waals surface area contributed by atoms with E-state index >= 15 is 0 Å². The van der Waals surface area contributed by atoms with Gasteiger partial charge < -0.3 is 19.6 Å². The summed E-state index contributed by atoms with van der Waals surface area (Å²) in [6, 6.07) is 12.4. The molecule has 32 heavy (non-hydrogen) atoms. The first-order chi connectivity index (χ1) is 15.1. The van der Waals surface area contributed by atoms with E-state index in [2.05, 4.69) is 15.3 Å². The maximum absolute atomic E-state index is 12.5. The molecular weight excluding hydrogens is 434 g/mol. The minimum absolute atomic E-state index is 0. The van der Waals surface area contributed by atoms with E-state index in [4.69, 9.17) is 14.3 Å². The molecule has 0 atom stereocenters. The maximum Gasteiger partial charge on any atom is 0.354 e. The number of aryl methyl sites for hydroxylation is 1. The molecule has 0 spiro atoms. The number of piperidine rings is 1. The fourth-order valence-electron chi connectivity index (χ4n) is 3.42. The molecule has 0 aliphatic carbocycles. The highest BCUT2D eigenvalue weighted by molar-refractivity contribution is 5.92. The Hall–Kier alpha value is -3.23. The highest BCUT2D eigenvalue weighted by atomic mass is 35.5. The number of Topliss-reactive ketones (excluding diaryl/α,β-unsaturated/α-hetero) is 1. The van der Waals surface area contributed by atoms with Gasteiger partial charge in [-0.2, -0.15) is 0 Å². The Morgan fingerprint density at radius 3 is 2.59 bits per heavy atom. The number of oxazole rings is 1. The summed E-state index contributed by atoms with van der Waals surface area (Å²) >= 11 is 0. The third kappa shape index (κ3) is 5.93. The smallest absolute Gasteiger partial charge is 0.354 e. The number of hydrogen-bond donors (Lipinski definition) is 2. The normalized spacial score (nSPS) is 13.9. The molecule has 2 aromatic heterocycles. The molecule has 1 aliphatic heterocycles. The molecule has 168 valence electrons. The summed E-state index contributed by atoms with van der Waals surface area (Å²) in [5, 5.41) is 12.4. The third-order valence-corrected chi connectivity index (χ3v) is 5.12. The fraction of sp³-hybridized carbons (Fsp3) is 0.304. The molecule has 0 unspecified atom stereocenters. The molecule has 3 aromatic rings. The Bertz CT molecular complexity index is 1060. The minimum Gasteiger partial charge on any atom is -0.490 e. The molecule has 8 nitrogen and oxygen atoms in total. The number of aromatic carboxylic acids is 1. The van der Waals surface area contributed by atoms with Crippen LogP contribution in [0.15, 0.2) is 53.1 Å². The standard InChI is InChI=1S/C23H23N3O5.ClH/c27-20(22-25-14-21(31-22)18-2-1-3-19(26-18)23(28)29)9-6-15-4-7-16(8-5-15)30-17-10-12-24-13-11-17;/h1-5,7-8,14,17,24H,6,9-13H2,(H,28,29);1H. The molecule has 2 N–H and O–H groups in total. The van der Waals surface area contributed by atoms with Crippen LogP contribution in [0.2, 0.25) is 0 Å². The van der Waals surface area contributed by atoms with Gasteiger partial charge in [0.25, 0.3) is 5.89 Å². The summed E-state index contributed by atoms with van der Waals surface area (Å²) in [6.45, 7) is 1.96. The zero-order valence-electron chi connectivity index (χ0n) is 17.3. The number of carboxylic acids is 1. The second kappa shape index (κ2) is 10.9. The van der Waals surface area contributed by atoms with Crippen LogP contribution in [-0.2, 0) is 6.42 Å². The van der Waals surface area contributed by atoms with Gasteiger partial charge in [0, 0.05) is 6.42 Å². The Morgan fingerprint density at radius 1 is 1.12 bits per heavy atom. The Labute approximate surface area is 191 Å². The van der Waals surface area contributed by atoms with Crippen molar-refractivity contribution in [3.05, 3.63) is 65.8 Å². The number of benzene rings is 1. The number of carboxylic acid groups (broad SMARTS) is 1. The van der Waals surface area contributed by atoms with Gasteiger partial charge in [-0.3, -0.25) is 4.79 Å². The lowest BCUT2D eigenvalue weighted by Gasteiger charge is -2.23. The molecule has 0 radical (unpaired) electrons. The van der Waals surface area contributed by atoms with Crippen LogP contribution in [0.3, 0.4) is 0 Å². The largest absolute Gasteiger partial charge is 0.490 e. The van der Waals surface area contributed by atoms with Gasteiger partial charge in [0.2, 0.25) is 5.78 Å². The van der Waals surface area contributed by atoms with E-state index in [1.165, 1.54) is 12.3 Å². The van der Waals surface area contributed by atoms with Crippen LogP contribution >= 0.6 is 12.4 Å². The highest BCUT2D eigenvalue weighted by Crippen LogP contribution is 2.21. The number of hydrogen-bond acceptors (Lipinski definition) is 7. The van der Waals surface area contributed by atoms with Crippen LogP contribution in [0.5, 0.6) is 5.75 Å². The molecule has 9 heteroatoms. The molecule has 0 bridgehead atoms. The molecule has 3 heterocycles. The molecule has 1 saturated heterocycles. The first kappa shape index (κ1) is 23.4. The van der Waals surface area contributed by atoms with Gasteiger partial charge in [0.05, 0.1) is 6.20 Å². The van der Waals surface area contributed by atoms with Crippen molar-refractivity contribution < 1.29 is 23.8 Å². The quantitative estimate of drug-likeness (QED) is 0.491. The van der Waals surface area contributed by atoms with Crippen LogP contribution in [0.4, 0.5) is 0 Å². The first-order valence-electron chi connectivity index (χ1n) is 10.2. The van der Waals surface area contributed by atoms with Crippen LogP contribution in [-0.4, -0.2) is 46.0 Å². The van der Waals surface area contributed by atoms with Gasteiger partial charge in [-0.1, -0.05) is 18.2 Å². The molecular formula is C23H24ClN3O5. The molecule has 1 aromatic carbocycles. The van der Waals surface area contributed by atoms with Crippen molar-refractivity contribution in [2.75, 3.05) is 13.1 Å². The summed E-state index contributed by atoms with van der Waals surface area (Å²) < 4.78 is 11.5. The van der Waals surface area contributed by atoms with Crippen molar-refractivity contribution in [1.82, 2.24) is 15.3 Å². The minimum atomic E-state index is -1.13. The van der Waals surface area contributed by atoms with E-state index in [0.29, 0.717) is 12.1 Å². The number of carbonyl (C=O) groups is 2. The predicted octanol–water partition coefficient (Wildman–Crippen LogP) is 3.80. The fourth-order valence-corrected chi connectivity index (χ4v) is 3.42. The second-order valence-electron chi connectivity index (χ2n) is 7.38. The van der Waals surface area contributed by atoms with E-state index in [0.717, 1.165) is 37.2 Å². The van der Waals surface area contributed by atoms with Gasteiger partial charge in [0.1, 0.15) is 23.2 Å². The zero-order valence-corrected chi connectivity index (χ0v) is 18.1. The summed E-state index contributed by atoms with van der Waals surface area (Å²) in [4.78, 5) is 31.6. The SMILES string of the molecule is Cl.O=C(O)c1cccc(-c2cnc(C(=O)CCc3ccc(OC4CCNCC4)cc3)o2)n1. The number of rotatable bonds is 8. The van der Waals surface area contributed by atoms with Crippen molar-refractivity contribution in [2.45, 2.75) is 31.8 Å². The number of halogens is 1. The lowest BCUT2D eigenvalue weighted by Crippen LogP contribution is -2.34. The average molecular weight is 458 g/mol. The topological polar surface area (TPSA) is 115 Å². The Kier molecular flexibility index (Phi) is 7.97. The van der Waals surface area contributed by atoms with Crippen molar-refractivity contribution in [3.63, 3.8) is 0 Å². The van der Waals surface area contributed by atoms with Gasteiger partial charge in [0.15, 0.2) is 5.76 Å². The molecule has 0 saturated carbocycles. The number of nitrogens with one attached hydrogen (secondary N) is 1. The van der Waals surface area contributed by atoms with Gasteiger partial charge >= 0.3 is 5.97 Å². The lowest BCUT2D eigenvalue weighted by atomic mass is 10.1. The van der Waals surface area contributed by atoms with Crippen LogP contribution < -0.4 is 10.1 Å². The Balaban J connectivity index is 0.00000289. The van der Waals surface area contributed by atoms with E-state index in [1.54, 1.807) is 12.1 Å². The molecule has 1 fully saturated rings. The Morgan fingerprint density at radius 2 is 1.88 bits per heavy atom. The number of pyridine rings is 1. The average Bonchev–Trinajstić information content (AvgIpc) is 3.30. The van der Waals surface area contributed by atoms with E-state index in [1.807, 2.05) is 24.3 Å². The summed E-state index contributed by atoms with van der Waals surface area (Å²) in [5.41, 5.74) is 1.23. The van der Waals surface area contributed by atoms with E-state index in [-0.39, 0.29) is 48.1 Å². The van der Waals surface area contributed by atoms with Crippen molar-refractivity contribution in [1.29, 1.82) is 0 Å². The number of ether oxygens (including phenoxy) is 1. The van der Waals surface area contributed by atoms with Crippen LogP contribution in [0, 0.1) is 0 Å². The van der Waals surface area contributed by atoms with E-state index in [9.17, 15) is 9.59 Å². The highest BCUT2D eigenvalue weighted by Gasteiger charge is 2.17. The number of carbonyl (C=O) groups excluding carboxylic acids is 1. The van der Waals surface area contributed by atoms with Crippen molar-refractivity contribution in [2.24, 2.45) is 0 Å². The number of ketones is 1. The number of nitrogens with zero attached hydrogens (tertiary/aromatic N) is 2. The van der Waals surface area contributed by atoms with Crippen LogP contribution in [0.1, 0.15) is 46.0 Å². The van der Waals surface area contributed by atoms with Crippen molar-refractivity contribution >= 4 is 24.2 Å². The van der Waals surface area contributed by atoms with Gasteiger partial charge in [-0.15, -0.1) is 12.4 Å². The summed E-state index contributed by atoms with van der Waals surface area (Å²) in [6.07, 6.45) is 4.44. The van der Waals surface area contributed by atoms with E-state index < -0.39 is 5.97 Å². The first-order valence-corrected chi connectivity index (χ1v) is 10.2. The lowest BCUT2D eigenvalue weighted by molar-refractivity contribution is 0.0690. The molecule has 4 rings (SSSR count). The third-order valence-electron chi connectivity index (χ3n) is 5.12. The maximum atomic E-state index is 12.5. The van der Waals surface area contributed by atoms with Crippen LogP contribution in [0.25, 0.3) is 11.5 Å².